The van der Waals surface area contributed by atoms with Crippen LogP contribution >= 0.6 is 0 Å². The molecule has 0 N–H and O–H groups in total. The van der Waals surface area contributed by atoms with Crippen LogP contribution in [0.2, 0.25) is 0 Å². The zero-order valence-electron chi connectivity index (χ0n) is 13.5. The normalized spacial score (nSPS) is 11.9. The summed E-state index contributed by atoms with van der Waals surface area (Å²) in [5.41, 5.74) is 3.94. The van der Waals surface area contributed by atoms with E-state index in [9.17, 15) is 0 Å². The van der Waals surface area contributed by atoms with Crippen molar-refractivity contribution in [3.05, 3.63) is 96.3 Å². The number of para-hydroxylation sites is 1. The number of benzene rings is 2. The maximum Gasteiger partial charge on any atom is 0.0542 e. The maximum absolute atomic E-state index is 4.10. The van der Waals surface area contributed by atoms with E-state index in [4.69, 9.17) is 0 Å². The van der Waals surface area contributed by atoms with Crippen molar-refractivity contribution < 1.29 is 0 Å². The molecule has 0 spiro atoms. The van der Waals surface area contributed by atoms with Crippen LogP contribution in [0.4, 0.5) is 5.69 Å². The number of aromatic nitrogens is 1. The maximum atomic E-state index is 4.10. The van der Waals surface area contributed by atoms with Gasteiger partial charge in [-0.05, 0) is 48.2 Å². The van der Waals surface area contributed by atoms with Gasteiger partial charge in [-0.25, -0.2) is 0 Å². The molecule has 23 heavy (non-hydrogen) atoms. The van der Waals surface area contributed by atoms with Gasteiger partial charge in [0.25, 0.3) is 0 Å². The Bertz CT molecular complexity index is 696. The summed E-state index contributed by atoms with van der Waals surface area (Å²) in [5, 5.41) is 0. The van der Waals surface area contributed by atoms with Crippen LogP contribution in [0.1, 0.15) is 23.6 Å². The minimum Gasteiger partial charge on any atom is -0.368 e. The van der Waals surface area contributed by atoms with Crippen molar-refractivity contribution >= 4 is 5.69 Å². The first-order chi connectivity index (χ1) is 11.3. The zero-order chi connectivity index (χ0) is 15.9. The molecule has 1 unspecified atom stereocenters. The highest BCUT2D eigenvalue weighted by Crippen LogP contribution is 2.29. The lowest BCUT2D eigenvalue weighted by Crippen LogP contribution is -2.24. The Balaban J connectivity index is 1.82. The Morgan fingerprint density at radius 2 is 1.43 bits per heavy atom. The second-order valence-corrected chi connectivity index (χ2v) is 5.77. The van der Waals surface area contributed by atoms with Crippen LogP contribution in [0, 0.1) is 0 Å². The molecule has 0 aliphatic carbocycles. The van der Waals surface area contributed by atoms with Gasteiger partial charge in [-0.2, -0.15) is 0 Å². The fourth-order valence-corrected chi connectivity index (χ4v) is 2.96. The summed E-state index contributed by atoms with van der Waals surface area (Å²) < 4.78 is 0. The molecule has 0 radical (unpaired) electrons. The van der Waals surface area contributed by atoms with E-state index in [0.717, 1.165) is 12.8 Å². The van der Waals surface area contributed by atoms with E-state index in [1.807, 2.05) is 12.4 Å². The van der Waals surface area contributed by atoms with Gasteiger partial charge in [0.05, 0.1) is 6.04 Å². The molecule has 0 saturated heterocycles. The highest BCUT2D eigenvalue weighted by Gasteiger charge is 2.17. The molecule has 0 aliphatic rings. The fraction of sp³-hybridized carbons (Fsp3) is 0.190. The summed E-state index contributed by atoms with van der Waals surface area (Å²) in [6.07, 6.45) is 5.85. The lowest BCUT2D eigenvalue weighted by Gasteiger charge is -2.31. The zero-order valence-corrected chi connectivity index (χ0v) is 13.5. The second-order valence-electron chi connectivity index (χ2n) is 5.77. The van der Waals surface area contributed by atoms with Gasteiger partial charge in [0.2, 0.25) is 0 Å². The van der Waals surface area contributed by atoms with Crippen LogP contribution in [0.15, 0.2) is 85.2 Å². The number of pyridine rings is 1. The first-order valence-corrected chi connectivity index (χ1v) is 8.06. The molecule has 0 fully saturated rings. The molecule has 3 aromatic rings. The molecule has 116 valence electrons. The largest absolute Gasteiger partial charge is 0.368 e. The van der Waals surface area contributed by atoms with Crippen molar-refractivity contribution in [3.63, 3.8) is 0 Å². The Morgan fingerprint density at radius 1 is 0.826 bits per heavy atom. The van der Waals surface area contributed by atoms with Crippen LogP contribution in [-0.4, -0.2) is 12.0 Å². The molecule has 2 nitrogen and oxygen atoms in total. The molecular weight excluding hydrogens is 280 g/mol. The third-order valence-electron chi connectivity index (χ3n) is 4.27. The van der Waals surface area contributed by atoms with Gasteiger partial charge in [0, 0.05) is 25.1 Å². The van der Waals surface area contributed by atoms with E-state index in [1.54, 1.807) is 0 Å². The van der Waals surface area contributed by atoms with Crippen LogP contribution in [-0.2, 0) is 6.42 Å². The average molecular weight is 302 g/mol. The summed E-state index contributed by atoms with van der Waals surface area (Å²) in [5.74, 6) is 0. The Labute approximate surface area is 138 Å². The lowest BCUT2D eigenvalue weighted by molar-refractivity contribution is 0.612. The van der Waals surface area contributed by atoms with E-state index in [-0.39, 0.29) is 0 Å². The van der Waals surface area contributed by atoms with E-state index in [1.165, 1.54) is 16.8 Å². The molecule has 2 heteroatoms. The van der Waals surface area contributed by atoms with Crippen LogP contribution in [0.3, 0.4) is 0 Å². The summed E-state index contributed by atoms with van der Waals surface area (Å²) in [4.78, 5) is 6.47. The predicted molar refractivity (Wildman–Crippen MR) is 96.6 cm³/mol. The minimum atomic E-state index is 0.353. The molecule has 3 rings (SSSR count). The van der Waals surface area contributed by atoms with Gasteiger partial charge in [-0.15, -0.1) is 0 Å². The summed E-state index contributed by atoms with van der Waals surface area (Å²) in [7, 11) is 2.18. The van der Waals surface area contributed by atoms with Gasteiger partial charge in [-0.1, -0.05) is 48.5 Å². The highest BCUT2D eigenvalue weighted by atomic mass is 15.1. The first-order valence-electron chi connectivity index (χ1n) is 8.06. The van der Waals surface area contributed by atoms with Crippen molar-refractivity contribution in [1.82, 2.24) is 4.98 Å². The number of hydrogen-bond acceptors (Lipinski definition) is 2. The molecule has 0 aliphatic heterocycles. The number of anilines is 1. The average Bonchev–Trinajstić information content (AvgIpc) is 2.64. The summed E-state index contributed by atoms with van der Waals surface area (Å²) in [6, 6.07) is 25.9. The number of hydrogen-bond donors (Lipinski definition) is 0. The SMILES string of the molecule is CN(c1ccccc1)C(CCc1ccncc1)c1ccccc1. The highest BCUT2D eigenvalue weighted by molar-refractivity contribution is 5.48. The van der Waals surface area contributed by atoms with Crippen molar-refractivity contribution in [2.45, 2.75) is 18.9 Å². The molecule has 0 bridgehead atoms. The van der Waals surface area contributed by atoms with Gasteiger partial charge in [0.1, 0.15) is 0 Å². The monoisotopic (exact) mass is 302 g/mol. The van der Waals surface area contributed by atoms with Crippen LogP contribution in [0.25, 0.3) is 0 Å². The molecule has 0 saturated carbocycles. The molecule has 1 atom stereocenters. The third-order valence-corrected chi connectivity index (χ3v) is 4.27. The van der Waals surface area contributed by atoms with Crippen LogP contribution < -0.4 is 4.90 Å². The van der Waals surface area contributed by atoms with Crippen molar-refractivity contribution in [2.75, 3.05) is 11.9 Å². The summed E-state index contributed by atoms with van der Waals surface area (Å²) >= 11 is 0. The lowest BCUT2D eigenvalue weighted by atomic mass is 9.97. The Hall–Kier alpha value is -2.61. The van der Waals surface area contributed by atoms with E-state index in [2.05, 4.69) is 89.7 Å². The Morgan fingerprint density at radius 3 is 2.09 bits per heavy atom. The van der Waals surface area contributed by atoms with Crippen molar-refractivity contribution in [2.24, 2.45) is 0 Å². The summed E-state index contributed by atoms with van der Waals surface area (Å²) in [6.45, 7) is 0. The van der Waals surface area contributed by atoms with Gasteiger partial charge < -0.3 is 4.90 Å². The van der Waals surface area contributed by atoms with Crippen LogP contribution in [0.5, 0.6) is 0 Å². The molecule has 1 aromatic heterocycles. The van der Waals surface area contributed by atoms with Crippen molar-refractivity contribution in [3.8, 4) is 0 Å². The number of rotatable bonds is 6. The fourth-order valence-electron chi connectivity index (χ4n) is 2.96. The molecule has 1 heterocycles. The molecule has 0 amide bonds. The standard InChI is InChI=1S/C21H22N2/c1-23(20-10-6-3-7-11-20)21(19-8-4-2-5-9-19)13-12-18-14-16-22-17-15-18/h2-11,14-17,21H,12-13H2,1H3. The second kappa shape index (κ2) is 7.59. The first kappa shape index (κ1) is 15.3. The Kier molecular flexibility index (Phi) is 5.05. The van der Waals surface area contributed by atoms with Gasteiger partial charge in [0.15, 0.2) is 0 Å². The predicted octanol–water partition coefficient (Wildman–Crippen LogP) is 4.89. The van der Waals surface area contributed by atoms with E-state index < -0.39 is 0 Å². The van der Waals surface area contributed by atoms with Gasteiger partial charge in [-0.3, -0.25) is 4.98 Å². The molecule has 2 aromatic carbocycles. The number of nitrogens with zero attached hydrogens (tertiary/aromatic N) is 2. The van der Waals surface area contributed by atoms with Gasteiger partial charge >= 0.3 is 0 Å². The van der Waals surface area contributed by atoms with Crippen molar-refractivity contribution in [1.29, 1.82) is 0 Å². The van der Waals surface area contributed by atoms with E-state index in [0.29, 0.717) is 6.04 Å². The quantitative estimate of drug-likeness (QED) is 0.644. The smallest absolute Gasteiger partial charge is 0.0542 e. The molecular formula is C21H22N2. The number of aryl methyl sites for hydroxylation is 1. The minimum absolute atomic E-state index is 0.353. The third kappa shape index (κ3) is 3.98. The van der Waals surface area contributed by atoms with E-state index >= 15 is 0 Å². The topological polar surface area (TPSA) is 16.1 Å².